The van der Waals surface area contributed by atoms with Crippen molar-refractivity contribution in [2.45, 2.75) is 6.42 Å². The van der Waals surface area contributed by atoms with Crippen LogP contribution in [0.3, 0.4) is 0 Å². The van der Waals surface area contributed by atoms with Gasteiger partial charge in [-0.15, -0.1) is 0 Å². The van der Waals surface area contributed by atoms with Gasteiger partial charge in [0.15, 0.2) is 5.58 Å². The highest BCUT2D eigenvalue weighted by atomic mass is 79.9. The largest absolute Gasteiger partial charge is 0.436 e. The summed E-state index contributed by atoms with van der Waals surface area (Å²) in [6.45, 7) is 0. The molecular formula is C21H15BrN2O2. The van der Waals surface area contributed by atoms with Gasteiger partial charge < -0.3 is 9.73 Å². The van der Waals surface area contributed by atoms with Crippen molar-refractivity contribution < 1.29 is 9.21 Å². The minimum Gasteiger partial charge on any atom is -0.436 e. The molecule has 4 aromatic rings. The van der Waals surface area contributed by atoms with Gasteiger partial charge in [0.2, 0.25) is 11.8 Å². The fourth-order valence-electron chi connectivity index (χ4n) is 2.72. The van der Waals surface area contributed by atoms with Crippen molar-refractivity contribution in [1.29, 1.82) is 0 Å². The Hall–Kier alpha value is -2.92. The second kappa shape index (κ2) is 7.14. The number of carbonyl (C=O) groups is 1. The third-order valence-electron chi connectivity index (χ3n) is 3.97. The number of oxazole rings is 1. The lowest BCUT2D eigenvalue weighted by atomic mass is 10.1. The number of anilines is 1. The number of amides is 1. The maximum absolute atomic E-state index is 12.3. The normalized spacial score (nSPS) is 10.8. The van der Waals surface area contributed by atoms with E-state index in [2.05, 4.69) is 26.2 Å². The predicted molar refractivity (Wildman–Crippen MR) is 106 cm³/mol. The van der Waals surface area contributed by atoms with Crippen LogP contribution in [0.15, 0.2) is 81.7 Å². The summed E-state index contributed by atoms with van der Waals surface area (Å²) in [5.41, 5.74) is 4.05. The van der Waals surface area contributed by atoms with Gasteiger partial charge in [-0.25, -0.2) is 4.98 Å². The summed E-state index contributed by atoms with van der Waals surface area (Å²) in [6, 6.07) is 22.8. The van der Waals surface area contributed by atoms with Crippen molar-refractivity contribution in [3.8, 4) is 11.5 Å². The number of hydrogen-bond donors (Lipinski definition) is 1. The van der Waals surface area contributed by atoms with Crippen LogP contribution < -0.4 is 5.32 Å². The van der Waals surface area contributed by atoms with E-state index < -0.39 is 0 Å². The Balaban J connectivity index is 1.51. The van der Waals surface area contributed by atoms with Gasteiger partial charge >= 0.3 is 0 Å². The van der Waals surface area contributed by atoms with E-state index in [9.17, 15) is 4.79 Å². The van der Waals surface area contributed by atoms with E-state index in [0.717, 1.165) is 26.7 Å². The highest BCUT2D eigenvalue weighted by molar-refractivity contribution is 9.10. The second-order valence-corrected chi connectivity index (χ2v) is 6.83. The Bertz CT molecular complexity index is 1040. The maximum atomic E-state index is 12.3. The molecule has 0 spiro atoms. The Labute approximate surface area is 159 Å². The Kier molecular flexibility index (Phi) is 4.54. The standard InChI is InChI=1S/C21H15BrN2O2/c22-16-10-8-14(9-11-16)12-20(25)23-17-5-3-4-15(13-17)21-24-18-6-1-2-7-19(18)26-21/h1-11,13H,12H2,(H,23,25). The summed E-state index contributed by atoms with van der Waals surface area (Å²) in [6.07, 6.45) is 0.320. The molecule has 26 heavy (non-hydrogen) atoms. The summed E-state index contributed by atoms with van der Waals surface area (Å²) in [7, 11) is 0. The zero-order chi connectivity index (χ0) is 17.9. The van der Waals surface area contributed by atoms with Gasteiger partial charge in [-0.1, -0.05) is 46.3 Å². The lowest BCUT2D eigenvalue weighted by Crippen LogP contribution is -2.14. The molecule has 0 aliphatic heterocycles. The van der Waals surface area contributed by atoms with Crippen LogP contribution in [0.2, 0.25) is 0 Å². The van der Waals surface area contributed by atoms with Crippen LogP contribution in [0.5, 0.6) is 0 Å². The first-order chi connectivity index (χ1) is 12.7. The minimum absolute atomic E-state index is 0.0676. The highest BCUT2D eigenvalue weighted by Gasteiger charge is 2.10. The molecule has 0 unspecified atom stereocenters. The number of fused-ring (bicyclic) bond motifs is 1. The van der Waals surface area contributed by atoms with Crippen LogP contribution in [0.1, 0.15) is 5.56 Å². The third-order valence-corrected chi connectivity index (χ3v) is 4.49. The van der Waals surface area contributed by atoms with E-state index in [-0.39, 0.29) is 5.91 Å². The number of aromatic nitrogens is 1. The van der Waals surface area contributed by atoms with E-state index in [0.29, 0.717) is 18.0 Å². The average Bonchev–Trinajstić information content (AvgIpc) is 3.08. The second-order valence-electron chi connectivity index (χ2n) is 5.92. The Morgan fingerprint density at radius 2 is 1.81 bits per heavy atom. The molecule has 4 rings (SSSR count). The summed E-state index contributed by atoms with van der Waals surface area (Å²) in [4.78, 5) is 16.8. The molecule has 4 nitrogen and oxygen atoms in total. The monoisotopic (exact) mass is 406 g/mol. The average molecular weight is 407 g/mol. The number of hydrogen-bond acceptors (Lipinski definition) is 3. The quantitative estimate of drug-likeness (QED) is 0.490. The third kappa shape index (κ3) is 3.68. The van der Waals surface area contributed by atoms with Crippen molar-refractivity contribution in [2.24, 2.45) is 0 Å². The number of rotatable bonds is 4. The SMILES string of the molecule is O=C(Cc1ccc(Br)cc1)Nc1cccc(-c2nc3ccccc3o2)c1. The first-order valence-electron chi connectivity index (χ1n) is 8.18. The van der Waals surface area contributed by atoms with Crippen LogP contribution >= 0.6 is 15.9 Å². The van der Waals surface area contributed by atoms with E-state index >= 15 is 0 Å². The lowest BCUT2D eigenvalue weighted by molar-refractivity contribution is -0.115. The number of para-hydroxylation sites is 2. The fraction of sp³-hybridized carbons (Fsp3) is 0.0476. The molecule has 3 aromatic carbocycles. The van der Waals surface area contributed by atoms with E-state index in [1.54, 1.807) is 0 Å². The number of carbonyl (C=O) groups excluding carboxylic acids is 1. The van der Waals surface area contributed by atoms with E-state index in [4.69, 9.17) is 4.42 Å². The molecule has 0 aliphatic rings. The molecule has 1 heterocycles. The Morgan fingerprint density at radius 1 is 1.00 bits per heavy atom. The van der Waals surface area contributed by atoms with Crippen LogP contribution in [0.4, 0.5) is 5.69 Å². The van der Waals surface area contributed by atoms with Crippen LogP contribution in [0, 0.1) is 0 Å². The minimum atomic E-state index is -0.0676. The van der Waals surface area contributed by atoms with E-state index in [1.165, 1.54) is 0 Å². The summed E-state index contributed by atoms with van der Waals surface area (Å²) in [5, 5.41) is 2.93. The summed E-state index contributed by atoms with van der Waals surface area (Å²) in [5.74, 6) is 0.470. The molecule has 5 heteroatoms. The topological polar surface area (TPSA) is 55.1 Å². The molecule has 0 radical (unpaired) electrons. The number of nitrogens with zero attached hydrogens (tertiary/aromatic N) is 1. The zero-order valence-electron chi connectivity index (χ0n) is 13.8. The summed E-state index contributed by atoms with van der Waals surface area (Å²) >= 11 is 3.39. The molecule has 0 bridgehead atoms. The van der Waals surface area contributed by atoms with Crippen molar-refractivity contribution in [3.63, 3.8) is 0 Å². The van der Waals surface area contributed by atoms with Crippen LogP contribution in [-0.2, 0) is 11.2 Å². The molecule has 0 aliphatic carbocycles. The fourth-order valence-corrected chi connectivity index (χ4v) is 2.98. The number of nitrogens with one attached hydrogen (secondary N) is 1. The van der Waals surface area contributed by atoms with E-state index in [1.807, 2.05) is 72.8 Å². The Morgan fingerprint density at radius 3 is 2.62 bits per heavy atom. The van der Waals surface area contributed by atoms with Gasteiger partial charge in [0.25, 0.3) is 0 Å². The smallest absolute Gasteiger partial charge is 0.228 e. The first kappa shape index (κ1) is 16.5. The van der Waals surface area contributed by atoms with Gasteiger partial charge in [-0.05, 0) is 48.0 Å². The first-order valence-corrected chi connectivity index (χ1v) is 8.97. The van der Waals surface area contributed by atoms with Crippen molar-refractivity contribution in [1.82, 2.24) is 4.98 Å². The van der Waals surface area contributed by atoms with Gasteiger partial charge in [0, 0.05) is 15.7 Å². The molecule has 1 aromatic heterocycles. The molecule has 0 atom stereocenters. The van der Waals surface area contributed by atoms with Gasteiger partial charge in [-0.2, -0.15) is 0 Å². The number of halogens is 1. The van der Waals surface area contributed by atoms with Gasteiger partial charge in [-0.3, -0.25) is 4.79 Å². The number of benzene rings is 3. The van der Waals surface area contributed by atoms with Crippen LogP contribution in [-0.4, -0.2) is 10.9 Å². The molecule has 128 valence electrons. The molecule has 1 N–H and O–H groups in total. The predicted octanol–water partition coefficient (Wildman–Crippen LogP) is 5.44. The van der Waals surface area contributed by atoms with Crippen molar-refractivity contribution in [2.75, 3.05) is 5.32 Å². The van der Waals surface area contributed by atoms with Gasteiger partial charge in [0.1, 0.15) is 5.52 Å². The maximum Gasteiger partial charge on any atom is 0.228 e. The molecule has 0 saturated heterocycles. The van der Waals surface area contributed by atoms with Gasteiger partial charge in [0.05, 0.1) is 6.42 Å². The molecule has 0 fully saturated rings. The highest BCUT2D eigenvalue weighted by Crippen LogP contribution is 2.26. The zero-order valence-corrected chi connectivity index (χ0v) is 15.4. The van der Waals surface area contributed by atoms with Crippen molar-refractivity contribution >= 4 is 38.6 Å². The van der Waals surface area contributed by atoms with Crippen molar-refractivity contribution in [3.05, 3.63) is 82.8 Å². The molecule has 0 saturated carbocycles. The molecule has 1 amide bonds. The molecular weight excluding hydrogens is 392 g/mol. The lowest BCUT2D eigenvalue weighted by Gasteiger charge is -2.06. The summed E-state index contributed by atoms with van der Waals surface area (Å²) < 4.78 is 6.79. The van der Waals surface area contributed by atoms with Crippen LogP contribution in [0.25, 0.3) is 22.6 Å².